The molecule has 1 aliphatic rings. The molecule has 7 heavy (non-hydrogen) atoms. The molecule has 0 N–H and O–H groups in total. The standard InChI is InChI=1S/C4H11N2Si/c1-5-3-4-6(2)7-5/h3H,4,7H2,1-2H3/q+1. The zero-order chi connectivity index (χ0) is 5.28. The zero-order valence-corrected chi connectivity index (χ0v) is 6.30. The van der Waals surface area contributed by atoms with Crippen molar-refractivity contribution < 1.29 is 4.24 Å². The third-order valence-electron chi connectivity index (χ3n) is 1.17. The maximum absolute atomic E-state index is 2.39. The van der Waals surface area contributed by atoms with Crippen LogP contribution in [0.15, 0.2) is 0 Å². The van der Waals surface area contributed by atoms with E-state index < -0.39 is 0 Å². The van der Waals surface area contributed by atoms with Crippen molar-refractivity contribution in [1.29, 1.82) is 0 Å². The van der Waals surface area contributed by atoms with Crippen LogP contribution in [0.4, 0.5) is 0 Å². The highest BCUT2D eigenvalue weighted by Crippen LogP contribution is 1.81. The van der Waals surface area contributed by atoms with Gasteiger partial charge in [-0.25, -0.2) is 0 Å². The average Bonchev–Trinajstić information content (AvgIpc) is 1.87. The van der Waals surface area contributed by atoms with Crippen LogP contribution in [0, 0.1) is 0 Å². The van der Waals surface area contributed by atoms with E-state index in [2.05, 4.69) is 29.1 Å². The van der Waals surface area contributed by atoms with Crippen LogP contribution in [0.3, 0.4) is 0 Å². The van der Waals surface area contributed by atoms with Crippen LogP contribution in [0.25, 0.3) is 0 Å². The number of hydrogen-bond acceptors (Lipinski definition) is 1. The van der Waals surface area contributed by atoms with Gasteiger partial charge in [0, 0.05) is 0 Å². The van der Waals surface area contributed by atoms with Crippen molar-refractivity contribution in [2.24, 2.45) is 0 Å². The molecule has 0 aromatic carbocycles. The maximum Gasteiger partial charge on any atom is 0.412 e. The summed E-state index contributed by atoms with van der Waals surface area (Å²) in [5, 5.41) is 0. The smallest absolute Gasteiger partial charge is 0.307 e. The summed E-state index contributed by atoms with van der Waals surface area (Å²) in [7, 11) is 4.32. The molecule has 0 bridgehead atoms. The minimum atomic E-state index is 0.00309. The quantitative estimate of drug-likeness (QED) is 0.354. The first-order valence-electron chi connectivity index (χ1n) is 2.51. The molecule has 2 nitrogen and oxygen atoms in total. The van der Waals surface area contributed by atoms with Crippen molar-refractivity contribution >= 4 is 16.1 Å². The second-order valence-corrected chi connectivity index (χ2v) is 4.48. The van der Waals surface area contributed by atoms with E-state index in [0.717, 1.165) is 0 Å². The molecule has 1 rings (SSSR count). The highest BCUT2D eigenvalue weighted by atomic mass is 28.2. The van der Waals surface area contributed by atoms with Crippen LogP contribution in [-0.2, 0) is 0 Å². The van der Waals surface area contributed by atoms with Crippen LogP contribution in [0.5, 0.6) is 0 Å². The Labute approximate surface area is 46.4 Å². The van der Waals surface area contributed by atoms with Crippen LogP contribution >= 0.6 is 0 Å². The fraction of sp³-hybridized carbons (Fsp3) is 0.750. The molecular formula is C4H11N2Si+. The Morgan fingerprint density at radius 1 is 1.86 bits per heavy atom. The van der Waals surface area contributed by atoms with E-state index in [-0.39, 0.29) is 9.84 Å². The van der Waals surface area contributed by atoms with Gasteiger partial charge in [0.25, 0.3) is 0 Å². The maximum atomic E-state index is 2.39. The first kappa shape index (κ1) is 4.99. The van der Waals surface area contributed by atoms with Crippen LogP contribution < -0.4 is 0 Å². The van der Waals surface area contributed by atoms with E-state index in [1.54, 1.807) is 0 Å². The van der Waals surface area contributed by atoms with Crippen molar-refractivity contribution in [3.63, 3.8) is 0 Å². The van der Waals surface area contributed by atoms with E-state index in [9.17, 15) is 0 Å². The lowest BCUT2D eigenvalue weighted by Crippen LogP contribution is -2.21. The topological polar surface area (TPSA) is 6.25 Å². The fourth-order valence-corrected chi connectivity index (χ4v) is 2.00. The molecule has 0 aromatic rings. The van der Waals surface area contributed by atoms with Crippen LogP contribution in [0.2, 0.25) is 0 Å². The predicted molar refractivity (Wildman–Crippen MR) is 33.4 cm³/mol. The lowest BCUT2D eigenvalue weighted by Gasteiger charge is -1.95. The van der Waals surface area contributed by atoms with Crippen LogP contribution in [-0.4, -0.2) is 45.5 Å². The average molecular weight is 115 g/mol. The molecule has 1 aliphatic heterocycles. The molecule has 0 saturated carbocycles. The molecular weight excluding hydrogens is 104 g/mol. The van der Waals surface area contributed by atoms with Gasteiger partial charge in [0.2, 0.25) is 0 Å². The highest BCUT2D eigenvalue weighted by molar-refractivity contribution is 6.24. The van der Waals surface area contributed by atoms with Gasteiger partial charge in [-0.2, -0.15) is 0 Å². The minimum absolute atomic E-state index is 0.00309. The molecule has 0 aromatic heterocycles. The van der Waals surface area contributed by atoms with Crippen molar-refractivity contribution in [3.05, 3.63) is 0 Å². The highest BCUT2D eigenvalue weighted by Gasteiger charge is 2.12. The Morgan fingerprint density at radius 3 is 2.71 bits per heavy atom. The number of rotatable bonds is 0. The molecule has 0 unspecified atom stereocenters. The summed E-state index contributed by atoms with van der Waals surface area (Å²) in [6.07, 6.45) is 2.24. The predicted octanol–water partition coefficient (Wildman–Crippen LogP) is -1.36. The molecule has 0 saturated heterocycles. The van der Waals surface area contributed by atoms with Gasteiger partial charge < -0.3 is 4.24 Å². The van der Waals surface area contributed by atoms with Crippen molar-refractivity contribution in [2.45, 2.75) is 0 Å². The Hall–Kier alpha value is -0.153. The molecule has 0 amide bonds. The molecule has 1 heterocycles. The van der Waals surface area contributed by atoms with Crippen molar-refractivity contribution in [1.82, 2.24) is 4.57 Å². The fourth-order valence-electron chi connectivity index (χ4n) is 0.775. The van der Waals surface area contributed by atoms with E-state index in [0.29, 0.717) is 0 Å². The van der Waals surface area contributed by atoms with Gasteiger partial charge in [0.15, 0.2) is 0 Å². The number of nitrogens with zero attached hydrogens (tertiary/aromatic N) is 2. The summed E-state index contributed by atoms with van der Waals surface area (Å²) in [6, 6.07) is 0. The Bertz CT molecular complexity index is 99.9. The summed E-state index contributed by atoms with van der Waals surface area (Å²) >= 11 is 0. The second-order valence-electron chi connectivity index (χ2n) is 2.12. The van der Waals surface area contributed by atoms with Crippen molar-refractivity contribution in [3.8, 4) is 0 Å². The van der Waals surface area contributed by atoms with Gasteiger partial charge in [-0.1, -0.05) is 0 Å². The van der Waals surface area contributed by atoms with Gasteiger partial charge in [0.1, 0.15) is 13.3 Å². The number of hydrogen-bond donors (Lipinski definition) is 0. The van der Waals surface area contributed by atoms with E-state index in [1.807, 2.05) is 0 Å². The van der Waals surface area contributed by atoms with Crippen LogP contribution in [0.1, 0.15) is 0 Å². The zero-order valence-electron chi connectivity index (χ0n) is 4.89. The first-order valence-corrected chi connectivity index (χ1v) is 3.77. The second kappa shape index (κ2) is 1.75. The van der Waals surface area contributed by atoms with E-state index in [1.165, 1.54) is 6.54 Å². The summed E-state index contributed by atoms with van der Waals surface area (Å²) in [6.45, 7) is 1.17. The van der Waals surface area contributed by atoms with E-state index in [4.69, 9.17) is 0 Å². The third-order valence-corrected chi connectivity index (χ3v) is 2.61. The summed E-state index contributed by atoms with van der Waals surface area (Å²) in [4.78, 5) is 0. The van der Waals surface area contributed by atoms with Gasteiger partial charge >= 0.3 is 9.84 Å². The minimum Gasteiger partial charge on any atom is -0.307 e. The molecule has 0 radical (unpaired) electrons. The monoisotopic (exact) mass is 115 g/mol. The van der Waals surface area contributed by atoms with Gasteiger partial charge in [-0.05, 0) is 7.05 Å². The molecule has 40 valence electrons. The summed E-state index contributed by atoms with van der Waals surface area (Å²) < 4.78 is 4.71. The lowest BCUT2D eigenvalue weighted by molar-refractivity contribution is -0.337. The van der Waals surface area contributed by atoms with Gasteiger partial charge in [-0.15, -0.1) is 0 Å². The third kappa shape index (κ3) is 1.11. The Balaban J connectivity index is 2.42. The molecule has 0 fully saturated rings. The van der Waals surface area contributed by atoms with E-state index >= 15 is 0 Å². The first-order chi connectivity index (χ1) is 3.29. The molecule has 0 aliphatic carbocycles. The largest absolute Gasteiger partial charge is 0.412 e. The van der Waals surface area contributed by atoms with Gasteiger partial charge in [-0.3, -0.25) is 4.57 Å². The molecule has 0 spiro atoms. The molecule has 0 atom stereocenters. The lowest BCUT2D eigenvalue weighted by atomic mass is 10.7. The van der Waals surface area contributed by atoms with Crippen molar-refractivity contribution in [2.75, 3.05) is 20.6 Å². The summed E-state index contributed by atoms with van der Waals surface area (Å²) in [5.74, 6) is 0. The summed E-state index contributed by atoms with van der Waals surface area (Å²) in [5.41, 5.74) is 0. The van der Waals surface area contributed by atoms with Gasteiger partial charge in [0.05, 0.1) is 6.54 Å². The normalized spacial score (nSPS) is 26.3. The Kier molecular flexibility index (Phi) is 1.25. The molecule has 3 heteroatoms. The SMILES string of the molecule is CN1CC=[N+](C)[SiH2]1. The Morgan fingerprint density at radius 2 is 2.57 bits per heavy atom.